The number of amides is 1. The highest BCUT2D eigenvalue weighted by molar-refractivity contribution is 6.42. The molecule has 0 radical (unpaired) electrons. The minimum Gasteiger partial charge on any atom is -0.370 e. The summed E-state index contributed by atoms with van der Waals surface area (Å²) in [7, 11) is 0. The Balaban J connectivity index is 1.72. The first-order valence-corrected chi connectivity index (χ1v) is 9.38. The highest BCUT2D eigenvalue weighted by Gasteiger charge is 2.18. The van der Waals surface area contributed by atoms with Gasteiger partial charge in [-0.1, -0.05) is 41.7 Å². The molecule has 2 aromatic carbocycles. The molecule has 1 amide bonds. The number of piperidine rings is 1. The van der Waals surface area contributed by atoms with Gasteiger partial charge in [-0.25, -0.2) is 0 Å². The standard InChI is InChI=1S/C19H19Cl3N2O/c1-12-6-8-24(9-7-12)18-5-3-14(11-17(18)22)23-19(25)13-2-4-15(20)16(21)10-13/h2-5,10-12H,6-9H2,1H3,(H,23,25). The van der Waals surface area contributed by atoms with E-state index >= 15 is 0 Å². The molecular formula is C19H19Cl3N2O. The fraction of sp³-hybridized carbons (Fsp3) is 0.316. The molecule has 0 spiro atoms. The van der Waals surface area contributed by atoms with E-state index in [0.29, 0.717) is 26.3 Å². The first-order chi connectivity index (χ1) is 11.9. The first-order valence-electron chi connectivity index (χ1n) is 8.25. The summed E-state index contributed by atoms with van der Waals surface area (Å²) in [4.78, 5) is 14.6. The molecule has 2 aromatic rings. The van der Waals surface area contributed by atoms with Gasteiger partial charge in [0.15, 0.2) is 0 Å². The van der Waals surface area contributed by atoms with Crippen molar-refractivity contribution >= 4 is 52.1 Å². The zero-order chi connectivity index (χ0) is 18.0. The number of hydrogen-bond acceptors (Lipinski definition) is 2. The van der Waals surface area contributed by atoms with Crippen LogP contribution in [0.1, 0.15) is 30.1 Å². The second-order valence-corrected chi connectivity index (χ2v) is 7.64. The second kappa shape index (κ2) is 7.86. The number of hydrogen-bond donors (Lipinski definition) is 1. The highest BCUT2D eigenvalue weighted by Crippen LogP contribution is 2.32. The number of nitrogens with one attached hydrogen (secondary N) is 1. The van der Waals surface area contributed by atoms with Crippen molar-refractivity contribution in [1.82, 2.24) is 0 Å². The van der Waals surface area contributed by atoms with Gasteiger partial charge >= 0.3 is 0 Å². The lowest BCUT2D eigenvalue weighted by molar-refractivity contribution is 0.102. The van der Waals surface area contributed by atoms with Crippen molar-refractivity contribution in [1.29, 1.82) is 0 Å². The largest absolute Gasteiger partial charge is 0.370 e. The molecule has 0 unspecified atom stereocenters. The number of anilines is 2. The minimum atomic E-state index is -0.255. The predicted octanol–water partition coefficient (Wildman–Crippen LogP) is 6.14. The topological polar surface area (TPSA) is 32.3 Å². The quantitative estimate of drug-likeness (QED) is 0.675. The van der Waals surface area contributed by atoms with Crippen LogP contribution in [0.4, 0.5) is 11.4 Å². The average Bonchev–Trinajstić information content (AvgIpc) is 2.58. The Labute approximate surface area is 162 Å². The maximum atomic E-state index is 12.3. The summed E-state index contributed by atoms with van der Waals surface area (Å²) in [6.45, 7) is 4.30. The molecule has 6 heteroatoms. The number of benzene rings is 2. The van der Waals surface area contributed by atoms with Gasteiger partial charge in [0, 0.05) is 24.3 Å². The third-order valence-corrected chi connectivity index (χ3v) is 5.55. The molecule has 1 aliphatic heterocycles. The van der Waals surface area contributed by atoms with Gasteiger partial charge in [-0.15, -0.1) is 0 Å². The Morgan fingerprint density at radius 1 is 1.00 bits per heavy atom. The van der Waals surface area contributed by atoms with Gasteiger partial charge in [-0.3, -0.25) is 4.79 Å². The summed E-state index contributed by atoms with van der Waals surface area (Å²) in [5, 5.41) is 4.25. The van der Waals surface area contributed by atoms with Crippen LogP contribution in [0.2, 0.25) is 15.1 Å². The van der Waals surface area contributed by atoms with Crippen LogP contribution in [0.3, 0.4) is 0 Å². The van der Waals surface area contributed by atoms with Gasteiger partial charge in [0.1, 0.15) is 0 Å². The highest BCUT2D eigenvalue weighted by atomic mass is 35.5. The lowest BCUT2D eigenvalue weighted by atomic mass is 9.99. The molecule has 0 bridgehead atoms. The fourth-order valence-corrected chi connectivity index (χ4v) is 3.53. The summed E-state index contributed by atoms with van der Waals surface area (Å²) in [6.07, 6.45) is 2.35. The minimum absolute atomic E-state index is 0.255. The lowest BCUT2D eigenvalue weighted by Gasteiger charge is -2.32. The van der Waals surface area contributed by atoms with E-state index in [2.05, 4.69) is 17.1 Å². The van der Waals surface area contributed by atoms with E-state index in [0.717, 1.165) is 24.7 Å². The van der Waals surface area contributed by atoms with Crippen LogP contribution in [0, 0.1) is 5.92 Å². The predicted molar refractivity (Wildman–Crippen MR) is 106 cm³/mol. The molecule has 3 rings (SSSR count). The molecule has 132 valence electrons. The Bertz CT molecular complexity index is 786. The molecule has 1 heterocycles. The van der Waals surface area contributed by atoms with E-state index in [1.54, 1.807) is 24.3 Å². The summed E-state index contributed by atoms with van der Waals surface area (Å²) in [6, 6.07) is 10.4. The van der Waals surface area contributed by atoms with Crippen LogP contribution < -0.4 is 10.2 Å². The number of carbonyl (C=O) groups is 1. The zero-order valence-electron chi connectivity index (χ0n) is 13.9. The van der Waals surface area contributed by atoms with Crippen molar-refractivity contribution in [2.45, 2.75) is 19.8 Å². The van der Waals surface area contributed by atoms with Crippen molar-refractivity contribution in [2.24, 2.45) is 5.92 Å². The molecule has 1 fully saturated rings. The van der Waals surface area contributed by atoms with Crippen LogP contribution in [-0.4, -0.2) is 19.0 Å². The van der Waals surface area contributed by atoms with Crippen LogP contribution in [0.15, 0.2) is 36.4 Å². The van der Waals surface area contributed by atoms with E-state index in [9.17, 15) is 4.79 Å². The SMILES string of the molecule is CC1CCN(c2ccc(NC(=O)c3ccc(Cl)c(Cl)c3)cc2Cl)CC1. The summed E-state index contributed by atoms with van der Waals surface area (Å²) in [5.41, 5.74) is 2.11. The van der Waals surface area contributed by atoms with E-state index in [-0.39, 0.29) is 5.91 Å². The normalized spacial score (nSPS) is 15.3. The molecule has 0 atom stereocenters. The summed E-state index contributed by atoms with van der Waals surface area (Å²) in [5.74, 6) is 0.508. The van der Waals surface area contributed by atoms with Crippen LogP contribution in [0.25, 0.3) is 0 Å². The molecule has 0 aliphatic carbocycles. The van der Waals surface area contributed by atoms with Gasteiger partial charge in [0.25, 0.3) is 5.91 Å². The smallest absolute Gasteiger partial charge is 0.255 e. The average molecular weight is 398 g/mol. The van der Waals surface area contributed by atoms with Gasteiger partial charge in [0.2, 0.25) is 0 Å². The number of carbonyl (C=O) groups excluding carboxylic acids is 1. The molecule has 1 aliphatic rings. The Morgan fingerprint density at radius 3 is 2.36 bits per heavy atom. The number of halogens is 3. The van der Waals surface area contributed by atoms with E-state index in [1.165, 1.54) is 12.8 Å². The van der Waals surface area contributed by atoms with Crippen molar-refractivity contribution in [2.75, 3.05) is 23.3 Å². The third-order valence-electron chi connectivity index (χ3n) is 4.51. The second-order valence-electron chi connectivity index (χ2n) is 6.42. The van der Waals surface area contributed by atoms with Gasteiger partial charge in [0.05, 0.1) is 20.8 Å². The third kappa shape index (κ3) is 4.41. The van der Waals surface area contributed by atoms with Gasteiger partial charge in [-0.2, -0.15) is 0 Å². The van der Waals surface area contributed by atoms with E-state index in [4.69, 9.17) is 34.8 Å². The van der Waals surface area contributed by atoms with Gasteiger partial charge < -0.3 is 10.2 Å². The number of rotatable bonds is 3. The summed E-state index contributed by atoms with van der Waals surface area (Å²) < 4.78 is 0. The maximum Gasteiger partial charge on any atom is 0.255 e. The monoisotopic (exact) mass is 396 g/mol. The molecule has 3 nitrogen and oxygen atoms in total. The Kier molecular flexibility index (Phi) is 5.78. The molecular weight excluding hydrogens is 379 g/mol. The van der Waals surface area contributed by atoms with E-state index < -0.39 is 0 Å². The Morgan fingerprint density at radius 2 is 1.72 bits per heavy atom. The van der Waals surface area contributed by atoms with Crippen LogP contribution >= 0.6 is 34.8 Å². The van der Waals surface area contributed by atoms with Crippen molar-refractivity contribution in [3.05, 3.63) is 57.0 Å². The van der Waals surface area contributed by atoms with Crippen LogP contribution in [-0.2, 0) is 0 Å². The fourth-order valence-electron chi connectivity index (χ4n) is 2.93. The number of nitrogens with zero attached hydrogens (tertiary/aromatic N) is 1. The molecule has 0 saturated carbocycles. The van der Waals surface area contributed by atoms with Crippen molar-refractivity contribution < 1.29 is 4.79 Å². The molecule has 0 aromatic heterocycles. The molecule has 1 saturated heterocycles. The van der Waals surface area contributed by atoms with Gasteiger partial charge in [-0.05, 0) is 55.2 Å². The zero-order valence-corrected chi connectivity index (χ0v) is 16.1. The maximum absolute atomic E-state index is 12.3. The molecule has 25 heavy (non-hydrogen) atoms. The lowest BCUT2D eigenvalue weighted by Crippen LogP contribution is -2.32. The van der Waals surface area contributed by atoms with E-state index in [1.807, 2.05) is 12.1 Å². The first kappa shape index (κ1) is 18.4. The van der Waals surface area contributed by atoms with Crippen molar-refractivity contribution in [3.8, 4) is 0 Å². The Hall–Kier alpha value is -1.42. The van der Waals surface area contributed by atoms with Crippen molar-refractivity contribution in [3.63, 3.8) is 0 Å². The molecule has 1 N–H and O–H groups in total. The summed E-state index contributed by atoms with van der Waals surface area (Å²) >= 11 is 18.3. The van der Waals surface area contributed by atoms with Crippen LogP contribution in [0.5, 0.6) is 0 Å².